The third-order valence-corrected chi connectivity index (χ3v) is 2.60. The van der Waals surface area contributed by atoms with Gasteiger partial charge in [-0.25, -0.2) is 4.98 Å². The lowest BCUT2D eigenvalue weighted by atomic mass is 9.92. The Morgan fingerprint density at radius 3 is 2.83 bits per heavy atom. The molecule has 0 spiro atoms. The van der Waals surface area contributed by atoms with Crippen LogP contribution in [0.25, 0.3) is 0 Å². The molecule has 1 saturated carbocycles. The number of aliphatic hydroxyl groups excluding tert-OH is 1. The Morgan fingerprint density at radius 1 is 1.33 bits per heavy atom. The first kappa shape index (κ1) is 7.80. The standard InChI is InChI=1S/C9H14N2O/c12-9-4-2-1-3-8(9)11-6-5-10-7-11/h5-9,12H,1-4H2/t8-,9-/m1/s1. The van der Waals surface area contributed by atoms with Crippen molar-refractivity contribution < 1.29 is 5.11 Å². The molecule has 0 amide bonds. The fourth-order valence-corrected chi connectivity index (χ4v) is 1.91. The monoisotopic (exact) mass is 166 g/mol. The molecular formula is C9H14N2O. The second kappa shape index (κ2) is 3.27. The molecule has 0 radical (unpaired) electrons. The van der Waals surface area contributed by atoms with Gasteiger partial charge < -0.3 is 9.67 Å². The van der Waals surface area contributed by atoms with Crippen molar-refractivity contribution in [3.05, 3.63) is 18.7 Å². The van der Waals surface area contributed by atoms with Crippen LogP contribution in [0.3, 0.4) is 0 Å². The van der Waals surface area contributed by atoms with Crippen LogP contribution < -0.4 is 0 Å². The van der Waals surface area contributed by atoms with E-state index in [2.05, 4.69) is 4.98 Å². The summed E-state index contributed by atoms with van der Waals surface area (Å²) < 4.78 is 2.02. The van der Waals surface area contributed by atoms with Gasteiger partial charge in [-0.3, -0.25) is 0 Å². The summed E-state index contributed by atoms with van der Waals surface area (Å²) in [6, 6.07) is 0.265. The molecule has 3 nitrogen and oxygen atoms in total. The molecule has 0 unspecified atom stereocenters. The topological polar surface area (TPSA) is 38.0 Å². The molecule has 0 aliphatic heterocycles. The average molecular weight is 166 g/mol. The largest absolute Gasteiger partial charge is 0.391 e. The fraction of sp³-hybridized carbons (Fsp3) is 0.667. The summed E-state index contributed by atoms with van der Waals surface area (Å²) in [5.41, 5.74) is 0. The van der Waals surface area contributed by atoms with E-state index in [1.165, 1.54) is 6.42 Å². The highest BCUT2D eigenvalue weighted by Gasteiger charge is 2.23. The van der Waals surface area contributed by atoms with Gasteiger partial charge >= 0.3 is 0 Å². The summed E-state index contributed by atoms with van der Waals surface area (Å²) in [5, 5.41) is 9.69. The maximum absolute atomic E-state index is 9.69. The van der Waals surface area contributed by atoms with Gasteiger partial charge in [0.05, 0.1) is 18.5 Å². The first-order chi connectivity index (χ1) is 5.88. The Kier molecular flexibility index (Phi) is 2.13. The lowest BCUT2D eigenvalue weighted by molar-refractivity contribution is 0.0754. The van der Waals surface area contributed by atoms with E-state index in [-0.39, 0.29) is 12.1 Å². The Balaban J connectivity index is 2.11. The molecule has 3 heteroatoms. The lowest BCUT2D eigenvalue weighted by Gasteiger charge is -2.28. The molecule has 0 bridgehead atoms. The Bertz CT molecular complexity index is 233. The maximum Gasteiger partial charge on any atom is 0.0949 e. The molecule has 1 aliphatic rings. The SMILES string of the molecule is O[C@@H]1CCCC[C@H]1n1ccnc1. The number of hydrogen-bond acceptors (Lipinski definition) is 2. The quantitative estimate of drug-likeness (QED) is 0.684. The van der Waals surface area contributed by atoms with Crippen molar-refractivity contribution in [2.24, 2.45) is 0 Å². The van der Waals surface area contributed by atoms with E-state index in [4.69, 9.17) is 0 Å². The number of rotatable bonds is 1. The summed E-state index contributed by atoms with van der Waals surface area (Å²) >= 11 is 0. The zero-order valence-electron chi connectivity index (χ0n) is 7.06. The van der Waals surface area contributed by atoms with E-state index in [0.717, 1.165) is 19.3 Å². The second-order valence-electron chi connectivity index (χ2n) is 3.43. The first-order valence-corrected chi connectivity index (χ1v) is 4.53. The van der Waals surface area contributed by atoms with Crippen molar-refractivity contribution >= 4 is 0 Å². The minimum atomic E-state index is -0.173. The van der Waals surface area contributed by atoms with Crippen molar-refractivity contribution in [2.75, 3.05) is 0 Å². The molecule has 2 rings (SSSR count). The zero-order chi connectivity index (χ0) is 8.39. The number of aromatic nitrogens is 2. The van der Waals surface area contributed by atoms with Gasteiger partial charge in [0, 0.05) is 12.4 Å². The van der Waals surface area contributed by atoms with Crippen molar-refractivity contribution in [3.63, 3.8) is 0 Å². The molecular weight excluding hydrogens is 152 g/mol. The van der Waals surface area contributed by atoms with Crippen molar-refractivity contribution in [1.29, 1.82) is 0 Å². The summed E-state index contributed by atoms with van der Waals surface area (Å²) in [6.45, 7) is 0. The number of nitrogens with zero attached hydrogens (tertiary/aromatic N) is 2. The van der Waals surface area contributed by atoms with Gasteiger partial charge in [0.1, 0.15) is 0 Å². The van der Waals surface area contributed by atoms with Gasteiger partial charge in [-0.05, 0) is 12.8 Å². The first-order valence-electron chi connectivity index (χ1n) is 4.53. The predicted molar refractivity (Wildman–Crippen MR) is 45.7 cm³/mol. The minimum Gasteiger partial charge on any atom is -0.391 e. The van der Waals surface area contributed by atoms with Gasteiger partial charge in [-0.2, -0.15) is 0 Å². The number of imidazole rings is 1. The van der Waals surface area contributed by atoms with Gasteiger partial charge in [0.15, 0.2) is 0 Å². The smallest absolute Gasteiger partial charge is 0.0949 e. The van der Waals surface area contributed by atoms with Crippen LogP contribution in [0.5, 0.6) is 0 Å². The normalized spacial score (nSPS) is 30.4. The zero-order valence-corrected chi connectivity index (χ0v) is 7.06. The third kappa shape index (κ3) is 1.37. The van der Waals surface area contributed by atoms with E-state index in [0.29, 0.717) is 0 Å². The van der Waals surface area contributed by atoms with Crippen LogP contribution in [0.15, 0.2) is 18.7 Å². The highest BCUT2D eigenvalue weighted by Crippen LogP contribution is 2.27. The summed E-state index contributed by atoms with van der Waals surface area (Å²) in [6.07, 6.45) is 9.71. The van der Waals surface area contributed by atoms with Gasteiger partial charge in [0.2, 0.25) is 0 Å². The van der Waals surface area contributed by atoms with E-state index >= 15 is 0 Å². The molecule has 1 aliphatic carbocycles. The van der Waals surface area contributed by atoms with Gasteiger partial charge in [-0.15, -0.1) is 0 Å². The molecule has 1 fully saturated rings. The molecule has 2 atom stereocenters. The van der Waals surface area contributed by atoms with Gasteiger partial charge in [0.25, 0.3) is 0 Å². The number of hydrogen-bond donors (Lipinski definition) is 1. The Labute approximate surface area is 72.0 Å². The van der Waals surface area contributed by atoms with Crippen LogP contribution in [-0.2, 0) is 0 Å². The minimum absolute atomic E-state index is 0.173. The van der Waals surface area contributed by atoms with E-state index < -0.39 is 0 Å². The van der Waals surface area contributed by atoms with Crippen molar-refractivity contribution in [3.8, 4) is 0 Å². The van der Waals surface area contributed by atoms with Crippen molar-refractivity contribution in [1.82, 2.24) is 9.55 Å². The van der Waals surface area contributed by atoms with Crippen LogP contribution in [0, 0.1) is 0 Å². The average Bonchev–Trinajstić information content (AvgIpc) is 2.57. The highest BCUT2D eigenvalue weighted by molar-refractivity contribution is 4.86. The molecule has 1 N–H and O–H groups in total. The maximum atomic E-state index is 9.69. The van der Waals surface area contributed by atoms with Crippen LogP contribution in [0.1, 0.15) is 31.7 Å². The lowest BCUT2D eigenvalue weighted by Crippen LogP contribution is -2.26. The highest BCUT2D eigenvalue weighted by atomic mass is 16.3. The molecule has 1 aromatic rings. The van der Waals surface area contributed by atoms with Crippen LogP contribution in [-0.4, -0.2) is 20.8 Å². The summed E-state index contributed by atoms with van der Waals surface area (Å²) in [4.78, 5) is 3.98. The molecule has 0 saturated heterocycles. The second-order valence-corrected chi connectivity index (χ2v) is 3.43. The Hall–Kier alpha value is -0.830. The predicted octanol–water partition coefficient (Wildman–Crippen LogP) is 1.36. The van der Waals surface area contributed by atoms with E-state index in [1.807, 2.05) is 10.8 Å². The molecule has 0 aromatic carbocycles. The van der Waals surface area contributed by atoms with Crippen molar-refractivity contribution in [2.45, 2.75) is 37.8 Å². The fourth-order valence-electron chi connectivity index (χ4n) is 1.91. The summed E-state index contributed by atoms with van der Waals surface area (Å²) in [7, 11) is 0. The van der Waals surface area contributed by atoms with Crippen LogP contribution >= 0.6 is 0 Å². The van der Waals surface area contributed by atoms with E-state index in [1.54, 1.807) is 12.5 Å². The third-order valence-electron chi connectivity index (χ3n) is 2.60. The van der Waals surface area contributed by atoms with E-state index in [9.17, 15) is 5.11 Å². The molecule has 12 heavy (non-hydrogen) atoms. The van der Waals surface area contributed by atoms with Gasteiger partial charge in [-0.1, -0.05) is 12.8 Å². The molecule has 1 heterocycles. The summed E-state index contributed by atoms with van der Waals surface area (Å²) in [5.74, 6) is 0. The molecule has 66 valence electrons. The number of aliphatic hydroxyl groups is 1. The molecule has 1 aromatic heterocycles. The van der Waals surface area contributed by atoms with Crippen LogP contribution in [0.2, 0.25) is 0 Å². The van der Waals surface area contributed by atoms with Crippen LogP contribution in [0.4, 0.5) is 0 Å². The Morgan fingerprint density at radius 2 is 2.17 bits per heavy atom.